The molecule has 1 fully saturated rings. The second-order valence-electron chi connectivity index (χ2n) is 6.52. The van der Waals surface area contributed by atoms with E-state index in [1.54, 1.807) is 12.5 Å². The van der Waals surface area contributed by atoms with Crippen molar-refractivity contribution in [3.05, 3.63) is 35.6 Å². The molecule has 0 unspecified atom stereocenters. The lowest BCUT2D eigenvalue weighted by molar-refractivity contribution is 0.102. The van der Waals surface area contributed by atoms with Gasteiger partial charge in [0.25, 0.3) is 0 Å². The molecule has 2 aromatic rings. The molecule has 2 aliphatic heterocycles. The molecule has 0 atom stereocenters. The van der Waals surface area contributed by atoms with E-state index in [1.807, 2.05) is 6.07 Å². The molecule has 7 nitrogen and oxygen atoms in total. The van der Waals surface area contributed by atoms with Gasteiger partial charge in [-0.2, -0.15) is 0 Å². The largest absolute Gasteiger partial charge is 0.376 e. The zero-order valence-electron chi connectivity index (χ0n) is 14.0. The minimum absolute atomic E-state index is 0.519. The minimum atomic E-state index is 0.519. The first-order valence-electron chi connectivity index (χ1n) is 8.56. The predicted molar refractivity (Wildman–Crippen MR) is 88.6 cm³/mol. The van der Waals surface area contributed by atoms with Crippen LogP contribution in [0.25, 0.3) is 0 Å². The molecule has 0 bridgehead atoms. The van der Waals surface area contributed by atoms with Crippen molar-refractivity contribution >= 4 is 5.82 Å². The molecule has 0 radical (unpaired) electrons. The Balaban J connectivity index is 1.34. The van der Waals surface area contributed by atoms with Gasteiger partial charge in [0.1, 0.15) is 23.6 Å². The lowest BCUT2D eigenvalue weighted by atomic mass is 10.0. The first kappa shape index (κ1) is 15.5. The highest BCUT2D eigenvalue weighted by Gasteiger charge is 2.26. The Morgan fingerprint density at radius 3 is 3.00 bits per heavy atom. The fourth-order valence-corrected chi connectivity index (χ4v) is 3.56. The van der Waals surface area contributed by atoms with E-state index in [9.17, 15) is 0 Å². The average Bonchev–Trinajstić information content (AvgIpc) is 3.06. The van der Waals surface area contributed by atoms with Gasteiger partial charge in [-0.25, -0.2) is 9.97 Å². The summed E-state index contributed by atoms with van der Waals surface area (Å²) in [5.74, 6) is 2.00. The van der Waals surface area contributed by atoms with Crippen LogP contribution in [0.1, 0.15) is 29.9 Å². The Hall–Kier alpha value is -1.99. The molecule has 4 heterocycles. The maximum atomic E-state index is 5.54. The van der Waals surface area contributed by atoms with E-state index in [4.69, 9.17) is 9.26 Å². The van der Waals surface area contributed by atoms with E-state index in [1.165, 1.54) is 5.56 Å². The molecule has 0 spiro atoms. The standard InChI is InChI=1S/C17H23N5O2/c1-21(17-2-6-18-12-19-17)13-3-7-22(8-4-13)10-15-14-11-23-9-5-16(14)24-20-15/h2,6,12-13H,3-5,7-11H2,1H3. The van der Waals surface area contributed by atoms with Gasteiger partial charge in [-0.3, -0.25) is 4.90 Å². The topological polar surface area (TPSA) is 67.5 Å². The van der Waals surface area contributed by atoms with Gasteiger partial charge in [0, 0.05) is 50.9 Å². The third-order valence-corrected chi connectivity index (χ3v) is 5.08. The smallest absolute Gasteiger partial charge is 0.144 e. The van der Waals surface area contributed by atoms with Crippen LogP contribution in [-0.4, -0.2) is 52.8 Å². The van der Waals surface area contributed by atoms with Crippen LogP contribution in [0.2, 0.25) is 0 Å². The van der Waals surface area contributed by atoms with E-state index >= 15 is 0 Å². The summed E-state index contributed by atoms with van der Waals surface area (Å²) in [6.45, 7) is 4.35. The lowest BCUT2D eigenvalue weighted by Crippen LogP contribution is -2.43. The number of piperidine rings is 1. The van der Waals surface area contributed by atoms with Crippen molar-refractivity contribution in [2.24, 2.45) is 0 Å². The summed E-state index contributed by atoms with van der Waals surface area (Å²) >= 11 is 0. The Morgan fingerprint density at radius 2 is 2.21 bits per heavy atom. The Bertz CT molecular complexity index is 667. The summed E-state index contributed by atoms with van der Waals surface area (Å²) in [5, 5.41) is 4.27. The van der Waals surface area contributed by atoms with Crippen LogP contribution in [0.5, 0.6) is 0 Å². The highest BCUT2D eigenvalue weighted by molar-refractivity contribution is 5.36. The molecule has 4 rings (SSSR count). The SMILES string of the molecule is CN(c1ccncn1)C1CCN(Cc2noc3c2COCC3)CC1. The van der Waals surface area contributed by atoms with Gasteiger partial charge in [-0.1, -0.05) is 5.16 Å². The Labute approximate surface area is 141 Å². The number of ether oxygens (including phenoxy) is 1. The fourth-order valence-electron chi connectivity index (χ4n) is 3.56. The second kappa shape index (κ2) is 6.86. The van der Waals surface area contributed by atoms with Crippen molar-refractivity contribution < 1.29 is 9.26 Å². The Kier molecular flexibility index (Phi) is 4.44. The first-order chi connectivity index (χ1) is 11.8. The Morgan fingerprint density at radius 1 is 1.33 bits per heavy atom. The van der Waals surface area contributed by atoms with E-state index < -0.39 is 0 Å². The molecule has 128 valence electrons. The molecule has 2 aliphatic rings. The predicted octanol–water partition coefficient (Wildman–Crippen LogP) is 1.64. The van der Waals surface area contributed by atoms with Crippen molar-refractivity contribution in [1.29, 1.82) is 0 Å². The van der Waals surface area contributed by atoms with Crippen molar-refractivity contribution in [1.82, 2.24) is 20.0 Å². The van der Waals surface area contributed by atoms with Gasteiger partial charge >= 0.3 is 0 Å². The van der Waals surface area contributed by atoms with Crippen LogP contribution >= 0.6 is 0 Å². The third-order valence-electron chi connectivity index (χ3n) is 5.08. The number of anilines is 1. The van der Waals surface area contributed by atoms with E-state index in [0.717, 1.165) is 62.8 Å². The van der Waals surface area contributed by atoms with Gasteiger partial charge in [-0.05, 0) is 18.9 Å². The number of nitrogens with zero attached hydrogens (tertiary/aromatic N) is 5. The molecule has 1 saturated heterocycles. The van der Waals surface area contributed by atoms with Gasteiger partial charge in [-0.15, -0.1) is 0 Å². The number of fused-ring (bicyclic) bond motifs is 1. The quantitative estimate of drug-likeness (QED) is 0.844. The van der Waals surface area contributed by atoms with Crippen molar-refractivity contribution in [2.75, 3.05) is 31.6 Å². The summed E-state index contributed by atoms with van der Waals surface area (Å²) in [6, 6.07) is 2.49. The summed E-state index contributed by atoms with van der Waals surface area (Å²) in [5.41, 5.74) is 2.22. The third kappa shape index (κ3) is 3.14. The lowest BCUT2D eigenvalue weighted by Gasteiger charge is -2.37. The van der Waals surface area contributed by atoms with Crippen LogP contribution in [0.3, 0.4) is 0 Å². The molecular weight excluding hydrogens is 306 g/mol. The number of rotatable bonds is 4. The van der Waals surface area contributed by atoms with Crippen molar-refractivity contribution in [3.8, 4) is 0 Å². The number of likely N-dealkylation sites (tertiary alicyclic amines) is 1. The van der Waals surface area contributed by atoms with Crippen LogP contribution in [0, 0.1) is 0 Å². The van der Waals surface area contributed by atoms with Gasteiger partial charge in [0.15, 0.2) is 0 Å². The van der Waals surface area contributed by atoms with Crippen LogP contribution < -0.4 is 4.90 Å². The highest BCUT2D eigenvalue weighted by Crippen LogP contribution is 2.24. The molecule has 0 saturated carbocycles. The second-order valence-corrected chi connectivity index (χ2v) is 6.52. The zero-order valence-corrected chi connectivity index (χ0v) is 14.0. The zero-order chi connectivity index (χ0) is 16.4. The number of hydrogen-bond donors (Lipinski definition) is 0. The average molecular weight is 329 g/mol. The van der Waals surface area contributed by atoms with E-state index in [0.29, 0.717) is 12.6 Å². The van der Waals surface area contributed by atoms with Crippen molar-refractivity contribution in [2.45, 2.75) is 38.5 Å². The summed E-state index contributed by atoms with van der Waals surface area (Å²) < 4.78 is 11.0. The molecular formula is C17H23N5O2. The van der Waals surface area contributed by atoms with Crippen LogP contribution in [-0.2, 0) is 24.3 Å². The molecule has 0 amide bonds. The van der Waals surface area contributed by atoms with Gasteiger partial charge < -0.3 is 14.2 Å². The molecule has 0 N–H and O–H groups in total. The first-order valence-corrected chi connectivity index (χ1v) is 8.56. The van der Waals surface area contributed by atoms with Crippen LogP contribution in [0.15, 0.2) is 23.1 Å². The normalized spacial score (nSPS) is 19.2. The summed E-state index contributed by atoms with van der Waals surface area (Å²) in [7, 11) is 2.12. The van der Waals surface area contributed by atoms with Gasteiger partial charge in [0.05, 0.1) is 13.2 Å². The van der Waals surface area contributed by atoms with Crippen molar-refractivity contribution in [3.63, 3.8) is 0 Å². The maximum Gasteiger partial charge on any atom is 0.144 e. The number of hydrogen-bond acceptors (Lipinski definition) is 7. The maximum absolute atomic E-state index is 5.54. The minimum Gasteiger partial charge on any atom is -0.376 e. The number of aromatic nitrogens is 3. The summed E-state index contributed by atoms with van der Waals surface area (Å²) in [6.07, 6.45) is 6.49. The molecule has 2 aromatic heterocycles. The van der Waals surface area contributed by atoms with Crippen LogP contribution in [0.4, 0.5) is 5.82 Å². The van der Waals surface area contributed by atoms with E-state index in [2.05, 4.69) is 32.0 Å². The highest BCUT2D eigenvalue weighted by atomic mass is 16.5. The van der Waals surface area contributed by atoms with Gasteiger partial charge in [0.2, 0.25) is 0 Å². The fraction of sp³-hybridized carbons (Fsp3) is 0.588. The monoisotopic (exact) mass is 329 g/mol. The molecule has 7 heteroatoms. The molecule has 24 heavy (non-hydrogen) atoms. The molecule has 0 aliphatic carbocycles. The molecule has 0 aromatic carbocycles. The van der Waals surface area contributed by atoms with E-state index in [-0.39, 0.29) is 0 Å². The summed E-state index contributed by atoms with van der Waals surface area (Å²) in [4.78, 5) is 13.1.